The molecular formula is C12H20N2OS. The molecule has 1 heterocycles. The van der Waals surface area contributed by atoms with Crippen molar-refractivity contribution in [2.75, 3.05) is 30.0 Å². The summed E-state index contributed by atoms with van der Waals surface area (Å²) in [5, 5.41) is 3.30. The number of rotatable bonds is 8. The number of anilines is 1. The second-order valence-electron chi connectivity index (χ2n) is 3.27. The van der Waals surface area contributed by atoms with Gasteiger partial charge in [-0.25, -0.2) is 0 Å². The lowest BCUT2D eigenvalue weighted by molar-refractivity contribution is 0.327. The molecule has 90 valence electrons. The first-order valence-corrected chi connectivity index (χ1v) is 6.93. The van der Waals surface area contributed by atoms with Crippen molar-refractivity contribution in [2.24, 2.45) is 0 Å². The summed E-state index contributed by atoms with van der Waals surface area (Å²) in [5.74, 6) is 3.98. The average molecular weight is 240 g/mol. The lowest BCUT2D eigenvalue weighted by Gasteiger charge is -2.07. The summed E-state index contributed by atoms with van der Waals surface area (Å²) in [7, 11) is 0. The van der Waals surface area contributed by atoms with E-state index >= 15 is 0 Å². The van der Waals surface area contributed by atoms with Gasteiger partial charge in [0.05, 0.1) is 6.61 Å². The summed E-state index contributed by atoms with van der Waals surface area (Å²) < 4.78 is 5.34. The smallest absolute Gasteiger partial charge is 0.215 e. The van der Waals surface area contributed by atoms with Crippen LogP contribution in [0.5, 0.6) is 5.88 Å². The van der Waals surface area contributed by atoms with Crippen LogP contribution in [0.15, 0.2) is 18.2 Å². The van der Waals surface area contributed by atoms with E-state index in [0.717, 1.165) is 12.4 Å². The Hall–Kier alpha value is -0.900. The molecule has 1 aromatic heterocycles. The topological polar surface area (TPSA) is 34.1 Å². The number of thioether (sulfide) groups is 1. The number of nitrogens with one attached hydrogen (secondary N) is 1. The summed E-state index contributed by atoms with van der Waals surface area (Å²) in [6, 6.07) is 5.80. The first-order valence-electron chi connectivity index (χ1n) is 5.78. The van der Waals surface area contributed by atoms with E-state index in [4.69, 9.17) is 4.74 Å². The molecule has 0 fully saturated rings. The molecule has 0 spiro atoms. The highest BCUT2D eigenvalue weighted by Crippen LogP contribution is 2.11. The zero-order valence-corrected chi connectivity index (χ0v) is 10.8. The summed E-state index contributed by atoms with van der Waals surface area (Å²) in [4.78, 5) is 4.34. The second-order valence-corrected chi connectivity index (χ2v) is 4.67. The molecule has 1 aromatic rings. The fourth-order valence-corrected chi connectivity index (χ4v) is 1.91. The van der Waals surface area contributed by atoms with Gasteiger partial charge in [0.1, 0.15) is 5.82 Å². The van der Waals surface area contributed by atoms with Gasteiger partial charge in [-0.05, 0) is 30.9 Å². The van der Waals surface area contributed by atoms with E-state index in [2.05, 4.69) is 17.2 Å². The van der Waals surface area contributed by atoms with Gasteiger partial charge in [0, 0.05) is 12.6 Å². The van der Waals surface area contributed by atoms with E-state index in [1.807, 2.05) is 36.9 Å². The molecule has 3 nitrogen and oxygen atoms in total. The summed E-state index contributed by atoms with van der Waals surface area (Å²) in [5.41, 5.74) is 0. The van der Waals surface area contributed by atoms with Gasteiger partial charge >= 0.3 is 0 Å². The molecule has 0 saturated carbocycles. The quantitative estimate of drug-likeness (QED) is 0.708. The molecule has 0 bridgehead atoms. The summed E-state index contributed by atoms with van der Waals surface area (Å²) in [6.45, 7) is 5.77. The van der Waals surface area contributed by atoms with Crippen LogP contribution < -0.4 is 10.1 Å². The minimum atomic E-state index is 0.656. The van der Waals surface area contributed by atoms with Crippen molar-refractivity contribution in [3.8, 4) is 5.88 Å². The van der Waals surface area contributed by atoms with Crippen LogP contribution in [0.4, 0.5) is 5.82 Å². The van der Waals surface area contributed by atoms with Crippen LogP contribution in [0.25, 0.3) is 0 Å². The van der Waals surface area contributed by atoms with Gasteiger partial charge in [0.25, 0.3) is 0 Å². The molecule has 0 aliphatic heterocycles. The maximum atomic E-state index is 5.34. The zero-order valence-electron chi connectivity index (χ0n) is 10.0. The predicted molar refractivity (Wildman–Crippen MR) is 71.5 cm³/mol. The molecule has 0 aliphatic rings. The molecule has 4 heteroatoms. The molecule has 0 aromatic carbocycles. The van der Waals surface area contributed by atoms with Crippen molar-refractivity contribution in [1.82, 2.24) is 4.98 Å². The highest BCUT2D eigenvalue weighted by Gasteiger charge is 1.96. The van der Waals surface area contributed by atoms with Gasteiger partial charge in [-0.2, -0.15) is 16.7 Å². The van der Waals surface area contributed by atoms with E-state index in [1.165, 1.54) is 17.9 Å². The molecule has 0 radical (unpaired) electrons. The Labute approximate surface area is 102 Å². The van der Waals surface area contributed by atoms with Crippen molar-refractivity contribution in [3.05, 3.63) is 18.2 Å². The van der Waals surface area contributed by atoms with Gasteiger partial charge in [0.15, 0.2) is 0 Å². The second kappa shape index (κ2) is 8.28. The monoisotopic (exact) mass is 240 g/mol. The molecule has 0 unspecified atom stereocenters. The molecule has 0 amide bonds. The Morgan fingerprint density at radius 2 is 2.25 bits per heavy atom. The van der Waals surface area contributed by atoms with Crippen LogP contribution >= 0.6 is 11.8 Å². The van der Waals surface area contributed by atoms with Crippen LogP contribution in [0.3, 0.4) is 0 Å². The minimum absolute atomic E-state index is 0.656. The van der Waals surface area contributed by atoms with Crippen molar-refractivity contribution in [1.29, 1.82) is 0 Å². The first-order chi connectivity index (χ1) is 7.86. The molecule has 0 saturated heterocycles. The third-order valence-electron chi connectivity index (χ3n) is 1.99. The van der Waals surface area contributed by atoms with Crippen LogP contribution in [0.2, 0.25) is 0 Å². The van der Waals surface area contributed by atoms with Crippen LogP contribution in [-0.4, -0.2) is 29.6 Å². The zero-order chi connectivity index (χ0) is 11.6. The van der Waals surface area contributed by atoms with E-state index in [-0.39, 0.29) is 0 Å². The van der Waals surface area contributed by atoms with Crippen LogP contribution in [0.1, 0.15) is 20.3 Å². The molecule has 16 heavy (non-hydrogen) atoms. The van der Waals surface area contributed by atoms with Crippen molar-refractivity contribution >= 4 is 17.6 Å². The number of ether oxygens (including phenoxy) is 1. The van der Waals surface area contributed by atoms with Gasteiger partial charge in [0.2, 0.25) is 5.88 Å². The van der Waals surface area contributed by atoms with E-state index < -0.39 is 0 Å². The standard InChI is InChI=1S/C12H20N2OS/c1-3-15-12-8-5-7-11(14-12)13-9-6-10-16-4-2/h5,7-8H,3-4,6,9-10H2,1-2H3,(H,13,14). The van der Waals surface area contributed by atoms with E-state index in [9.17, 15) is 0 Å². The number of nitrogens with zero attached hydrogens (tertiary/aromatic N) is 1. The highest BCUT2D eigenvalue weighted by atomic mass is 32.2. The summed E-state index contributed by atoms with van der Waals surface area (Å²) in [6.07, 6.45) is 1.17. The van der Waals surface area contributed by atoms with Crippen molar-refractivity contribution in [2.45, 2.75) is 20.3 Å². The van der Waals surface area contributed by atoms with E-state index in [0.29, 0.717) is 12.5 Å². The van der Waals surface area contributed by atoms with Crippen LogP contribution in [0, 0.1) is 0 Å². The Bertz CT molecular complexity index is 294. The third kappa shape index (κ3) is 5.26. The fraction of sp³-hybridized carbons (Fsp3) is 0.583. The predicted octanol–water partition coefficient (Wildman–Crippen LogP) is 3.04. The Balaban J connectivity index is 2.27. The van der Waals surface area contributed by atoms with Crippen molar-refractivity contribution in [3.63, 3.8) is 0 Å². The Kier molecular flexibility index (Phi) is 6.81. The van der Waals surface area contributed by atoms with Gasteiger partial charge in [-0.15, -0.1) is 0 Å². The third-order valence-corrected chi connectivity index (χ3v) is 2.98. The average Bonchev–Trinajstić information content (AvgIpc) is 2.30. The molecule has 1 N–H and O–H groups in total. The number of aromatic nitrogens is 1. The molecular weight excluding hydrogens is 220 g/mol. The SMILES string of the molecule is CCOc1cccc(NCCCSCC)n1. The number of hydrogen-bond acceptors (Lipinski definition) is 4. The normalized spacial score (nSPS) is 10.1. The highest BCUT2D eigenvalue weighted by molar-refractivity contribution is 7.99. The van der Waals surface area contributed by atoms with Gasteiger partial charge < -0.3 is 10.1 Å². The fourth-order valence-electron chi connectivity index (χ4n) is 1.28. The first kappa shape index (κ1) is 13.2. The number of pyridine rings is 1. The van der Waals surface area contributed by atoms with Crippen molar-refractivity contribution < 1.29 is 4.74 Å². The van der Waals surface area contributed by atoms with Gasteiger partial charge in [-0.1, -0.05) is 13.0 Å². The van der Waals surface area contributed by atoms with Gasteiger partial charge in [-0.3, -0.25) is 0 Å². The lowest BCUT2D eigenvalue weighted by atomic mass is 10.4. The largest absolute Gasteiger partial charge is 0.478 e. The molecule has 0 atom stereocenters. The molecule has 0 aliphatic carbocycles. The lowest BCUT2D eigenvalue weighted by Crippen LogP contribution is -2.05. The van der Waals surface area contributed by atoms with Crippen LogP contribution in [-0.2, 0) is 0 Å². The maximum Gasteiger partial charge on any atom is 0.215 e. The minimum Gasteiger partial charge on any atom is -0.478 e. The van der Waals surface area contributed by atoms with E-state index in [1.54, 1.807) is 0 Å². The maximum absolute atomic E-state index is 5.34. The molecule has 1 rings (SSSR count). The number of hydrogen-bond donors (Lipinski definition) is 1. The Morgan fingerprint density at radius 1 is 1.38 bits per heavy atom. The Morgan fingerprint density at radius 3 is 3.00 bits per heavy atom. The summed E-state index contributed by atoms with van der Waals surface area (Å²) >= 11 is 1.97.